The summed E-state index contributed by atoms with van der Waals surface area (Å²) < 4.78 is 1.91. The van der Waals surface area contributed by atoms with Crippen LogP contribution in [0.4, 0.5) is 5.82 Å². The smallest absolute Gasteiger partial charge is 0.124 e. The largest absolute Gasteiger partial charge is 0.384 e. The number of nitrogens with two attached hydrogens (primary N) is 1. The molecule has 0 radical (unpaired) electrons. The number of rotatable bonds is 2. The van der Waals surface area contributed by atoms with Crippen molar-refractivity contribution in [1.29, 1.82) is 0 Å². The van der Waals surface area contributed by atoms with Crippen molar-refractivity contribution in [2.75, 3.05) is 5.73 Å². The molecule has 2 unspecified atom stereocenters. The van der Waals surface area contributed by atoms with Gasteiger partial charge in [-0.15, -0.1) is 0 Å². The summed E-state index contributed by atoms with van der Waals surface area (Å²) in [5.74, 6) is 2.77. The quantitative estimate of drug-likeness (QED) is 0.897. The molecule has 3 nitrogen and oxygen atoms in total. The van der Waals surface area contributed by atoms with Crippen LogP contribution in [0.25, 0.3) is 0 Å². The number of aryl methyl sites for hydroxylation is 1. The molecule has 4 bridgehead atoms. The maximum absolute atomic E-state index is 6.27. The zero-order chi connectivity index (χ0) is 14.1. The summed E-state index contributed by atoms with van der Waals surface area (Å²) in [5, 5.41) is 4.89. The first-order chi connectivity index (χ1) is 9.45. The van der Waals surface area contributed by atoms with E-state index in [9.17, 15) is 0 Å². The molecule has 0 aromatic carbocycles. The third-order valence-corrected chi connectivity index (χ3v) is 6.40. The summed E-state index contributed by atoms with van der Waals surface area (Å²) in [4.78, 5) is 0. The van der Waals surface area contributed by atoms with Crippen LogP contribution in [0.15, 0.2) is 0 Å². The van der Waals surface area contributed by atoms with Crippen molar-refractivity contribution in [1.82, 2.24) is 9.78 Å². The Balaban J connectivity index is 1.84. The van der Waals surface area contributed by atoms with Crippen LogP contribution in [-0.2, 0) is 18.9 Å². The summed E-state index contributed by atoms with van der Waals surface area (Å²) in [6.07, 6.45) is 9.47. The Morgan fingerprint density at radius 1 is 1.25 bits per heavy atom. The summed E-state index contributed by atoms with van der Waals surface area (Å²) in [6.45, 7) is 4.75. The first-order valence-electron chi connectivity index (χ1n) is 8.26. The van der Waals surface area contributed by atoms with Gasteiger partial charge in [0.15, 0.2) is 0 Å². The molecule has 1 aromatic heterocycles. The standard InChI is InChI=1S/C17H27N3/c1-4-13-14(19-20(3)15(13)18)17-8-11-5-12(9-17)7-16(2,6-11)10-17/h11-12H,4-10,18H2,1-3H3. The molecule has 0 aliphatic heterocycles. The van der Waals surface area contributed by atoms with E-state index < -0.39 is 0 Å². The average molecular weight is 273 g/mol. The van der Waals surface area contributed by atoms with Gasteiger partial charge in [0.2, 0.25) is 0 Å². The summed E-state index contributed by atoms with van der Waals surface area (Å²) in [5.41, 5.74) is 9.88. The third-order valence-electron chi connectivity index (χ3n) is 6.40. The summed E-state index contributed by atoms with van der Waals surface area (Å²) >= 11 is 0. The Morgan fingerprint density at radius 2 is 1.90 bits per heavy atom. The van der Waals surface area contributed by atoms with Crippen LogP contribution in [-0.4, -0.2) is 9.78 Å². The van der Waals surface area contributed by atoms with Gasteiger partial charge in [-0.3, -0.25) is 4.68 Å². The lowest BCUT2D eigenvalue weighted by Crippen LogP contribution is -2.53. The summed E-state index contributed by atoms with van der Waals surface area (Å²) in [7, 11) is 2.00. The van der Waals surface area contributed by atoms with E-state index in [1.165, 1.54) is 49.8 Å². The number of aromatic nitrogens is 2. The average Bonchev–Trinajstić information content (AvgIpc) is 2.63. The number of hydrogen-bond donors (Lipinski definition) is 1. The molecule has 0 spiro atoms. The molecule has 0 saturated heterocycles. The highest BCUT2D eigenvalue weighted by atomic mass is 15.3. The zero-order valence-corrected chi connectivity index (χ0v) is 13.1. The number of nitrogens with zero attached hydrogens (tertiary/aromatic N) is 2. The van der Waals surface area contributed by atoms with Crippen LogP contribution in [0, 0.1) is 17.3 Å². The molecule has 1 aromatic rings. The van der Waals surface area contributed by atoms with Gasteiger partial charge in [-0.05, 0) is 62.2 Å². The van der Waals surface area contributed by atoms with Gasteiger partial charge in [-0.2, -0.15) is 5.10 Å². The first-order valence-corrected chi connectivity index (χ1v) is 8.26. The molecule has 3 heteroatoms. The lowest BCUT2D eigenvalue weighted by Gasteiger charge is -2.61. The van der Waals surface area contributed by atoms with E-state index in [-0.39, 0.29) is 0 Å². The van der Waals surface area contributed by atoms with Gasteiger partial charge in [0, 0.05) is 18.0 Å². The second kappa shape index (κ2) is 3.80. The normalized spacial score (nSPS) is 42.4. The van der Waals surface area contributed by atoms with Crippen molar-refractivity contribution in [3.05, 3.63) is 11.3 Å². The van der Waals surface area contributed by atoms with Gasteiger partial charge in [0.1, 0.15) is 5.82 Å². The van der Waals surface area contributed by atoms with Crippen molar-refractivity contribution in [3.8, 4) is 0 Å². The molecule has 1 heterocycles. The fraction of sp³-hybridized carbons (Fsp3) is 0.824. The van der Waals surface area contributed by atoms with Crippen LogP contribution in [0.1, 0.15) is 63.6 Å². The Hall–Kier alpha value is -0.990. The fourth-order valence-electron chi connectivity index (χ4n) is 6.35. The molecule has 2 atom stereocenters. The highest BCUT2D eigenvalue weighted by molar-refractivity contribution is 5.47. The van der Waals surface area contributed by atoms with Gasteiger partial charge < -0.3 is 5.73 Å². The van der Waals surface area contributed by atoms with Gasteiger partial charge in [-0.1, -0.05) is 13.8 Å². The van der Waals surface area contributed by atoms with E-state index in [0.29, 0.717) is 10.8 Å². The molecule has 5 rings (SSSR count). The Bertz CT molecular complexity index is 543. The van der Waals surface area contributed by atoms with E-state index in [2.05, 4.69) is 13.8 Å². The van der Waals surface area contributed by atoms with Crippen LogP contribution in [0.3, 0.4) is 0 Å². The number of nitrogen functional groups attached to an aromatic ring is 1. The van der Waals surface area contributed by atoms with Crippen LogP contribution < -0.4 is 5.73 Å². The monoisotopic (exact) mass is 273 g/mol. The minimum Gasteiger partial charge on any atom is -0.384 e. The third kappa shape index (κ3) is 1.55. The fourth-order valence-corrected chi connectivity index (χ4v) is 6.35. The van der Waals surface area contributed by atoms with Crippen molar-refractivity contribution < 1.29 is 0 Å². The van der Waals surface area contributed by atoms with Crippen LogP contribution >= 0.6 is 0 Å². The van der Waals surface area contributed by atoms with Gasteiger partial charge in [0.25, 0.3) is 0 Å². The van der Waals surface area contributed by atoms with Crippen molar-refractivity contribution in [2.45, 2.75) is 64.2 Å². The van der Waals surface area contributed by atoms with Gasteiger partial charge in [0.05, 0.1) is 5.69 Å². The van der Waals surface area contributed by atoms with Crippen LogP contribution in [0.5, 0.6) is 0 Å². The van der Waals surface area contributed by atoms with E-state index >= 15 is 0 Å². The Morgan fingerprint density at radius 3 is 2.45 bits per heavy atom. The SMILES string of the molecule is CCc1c(C23CC4CC(CC(C)(C4)C2)C3)nn(C)c1N. The van der Waals surface area contributed by atoms with E-state index in [0.717, 1.165) is 24.1 Å². The highest BCUT2D eigenvalue weighted by Crippen LogP contribution is 2.65. The number of hydrogen-bond acceptors (Lipinski definition) is 2. The minimum atomic E-state index is 0.347. The predicted octanol–water partition coefficient (Wildman–Crippen LogP) is 3.42. The lowest BCUT2D eigenvalue weighted by atomic mass is 9.44. The molecule has 0 amide bonds. The van der Waals surface area contributed by atoms with Gasteiger partial charge >= 0.3 is 0 Å². The van der Waals surface area contributed by atoms with Gasteiger partial charge in [-0.25, -0.2) is 0 Å². The molecule has 2 N–H and O–H groups in total. The lowest BCUT2D eigenvalue weighted by molar-refractivity contribution is -0.0635. The molecular formula is C17H27N3. The van der Waals surface area contributed by atoms with Crippen molar-refractivity contribution >= 4 is 5.82 Å². The molecule has 4 saturated carbocycles. The minimum absolute atomic E-state index is 0.347. The van der Waals surface area contributed by atoms with E-state index in [4.69, 9.17) is 10.8 Å². The zero-order valence-electron chi connectivity index (χ0n) is 13.1. The number of anilines is 1. The van der Waals surface area contributed by atoms with Crippen molar-refractivity contribution in [3.63, 3.8) is 0 Å². The Labute approximate surface area is 121 Å². The molecule has 110 valence electrons. The maximum atomic E-state index is 6.27. The second-order valence-corrected chi connectivity index (χ2v) is 8.24. The summed E-state index contributed by atoms with van der Waals surface area (Å²) in [6, 6.07) is 0. The Kier molecular flexibility index (Phi) is 2.42. The highest BCUT2D eigenvalue weighted by Gasteiger charge is 2.57. The van der Waals surface area contributed by atoms with Crippen LogP contribution in [0.2, 0.25) is 0 Å². The molecule has 4 fully saturated rings. The molecule has 4 aliphatic rings. The molecule has 20 heavy (non-hydrogen) atoms. The van der Waals surface area contributed by atoms with Crippen molar-refractivity contribution in [2.24, 2.45) is 24.3 Å². The second-order valence-electron chi connectivity index (χ2n) is 8.24. The molecular weight excluding hydrogens is 246 g/mol. The predicted molar refractivity (Wildman–Crippen MR) is 81.5 cm³/mol. The first kappa shape index (κ1) is 12.7. The van der Waals surface area contributed by atoms with E-state index in [1.54, 1.807) is 0 Å². The topological polar surface area (TPSA) is 43.8 Å². The van der Waals surface area contributed by atoms with E-state index in [1.807, 2.05) is 11.7 Å². The maximum Gasteiger partial charge on any atom is 0.124 e. The molecule has 4 aliphatic carbocycles.